The second-order valence-electron chi connectivity index (χ2n) is 4.67. The fourth-order valence-electron chi connectivity index (χ4n) is 2.06. The third-order valence-corrected chi connectivity index (χ3v) is 4.10. The molecule has 0 aliphatic carbocycles. The topological polar surface area (TPSA) is 41.1 Å². The summed E-state index contributed by atoms with van der Waals surface area (Å²) >= 11 is 2.33. The van der Waals surface area contributed by atoms with Gasteiger partial charge < -0.3 is 10.2 Å². The number of hydrogen-bond acceptors (Lipinski definition) is 4. The van der Waals surface area contributed by atoms with Crippen molar-refractivity contribution in [1.29, 1.82) is 0 Å². The molecule has 17 heavy (non-hydrogen) atoms. The molecule has 5 heteroatoms. The number of anilines is 2. The van der Waals surface area contributed by atoms with Crippen molar-refractivity contribution in [3.05, 3.63) is 9.26 Å². The van der Waals surface area contributed by atoms with Crippen LogP contribution in [0.4, 0.5) is 11.8 Å². The highest BCUT2D eigenvalue weighted by Crippen LogP contribution is 2.28. The van der Waals surface area contributed by atoms with Crippen molar-refractivity contribution in [3.8, 4) is 0 Å². The number of nitrogens with one attached hydrogen (secondary N) is 1. The lowest BCUT2D eigenvalue weighted by Gasteiger charge is -2.19. The molecule has 2 heterocycles. The highest BCUT2D eigenvalue weighted by atomic mass is 127. The molecule has 2 rings (SSSR count). The first-order valence-corrected chi connectivity index (χ1v) is 7.21. The van der Waals surface area contributed by atoms with E-state index in [-0.39, 0.29) is 0 Å². The lowest BCUT2D eigenvalue weighted by molar-refractivity contribution is 0.789. The summed E-state index contributed by atoms with van der Waals surface area (Å²) in [6.07, 6.45) is 2.50. The number of halogens is 1. The van der Waals surface area contributed by atoms with Gasteiger partial charge in [0.25, 0.3) is 0 Å². The molecule has 0 amide bonds. The molecule has 0 aromatic carbocycles. The van der Waals surface area contributed by atoms with Gasteiger partial charge in [0.05, 0.1) is 9.26 Å². The maximum absolute atomic E-state index is 4.73. The Labute approximate surface area is 116 Å². The van der Waals surface area contributed by atoms with Gasteiger partial charge in [-0.05, 0) is 41.4 Å². The highest BCUT2D eigenvalue weighted by molar-refractivity contribution is 14.1. The normalized spacial score (nSPS) is 15.7. The molecule has 1 fully saturated rings. The van der Waals surface area contributed by atoms with Gasteiger partial charge in [-0.25, -0.2) is 4.98 Å². The summed E-state index contributed by atoms with van der Waals surface area (Å²) in [7, 11) is 1.92. The third kappa shape index (κ3) is 2.64. The average molecular weight is 346 g/mol. The number of hydrogen-bond donors (Lipinski definition) is 1. The molecule has 1 N–H and O–H groups in total. The fraction of sp³-hybridized carbons (Fsp3) is 0.667. The summed E-state index contributed by atoms with van der Waals surface area (Å²) in [6, 6.07) is 0. The molecule has 94 valence electrons. The molecule has 1 aromatic rings. The van der Waals surface area contributed by atoms with Crippen molar-refractivity contribution in [2.75, 3.05) is 30.4 Å². The summed E-state index contributed by atoms with van der Waals surface area (Å²) in [5.41, 5.74) is 1.15. The predicted octanol–water partition coefficient (Wildman–Crippen LogP) is 2.85. The average Bonchev–Trinajstić information content (AvgIpc) is 2.82. The Hall–Kier alpha value is -0.590. The minimum Gasteiger partial charge on any atom is -0.372 e. The molecule has 1 aromatic heterocycles. The van der Waals surface area contributed by atoms with Crippen LogP contribution < -0.4 is 10.2 Å². The zero-order chi connectivity index (χ0) is 12.4. The molecular formula is C12H19IN4. The van der Waals surface area contributed by atoms with Gasteiger partial charge in [0.15, 0.2) is 0 Å². The zero-order valence-corrected chi connectivity index (χ0v) is 12.8. The molecule has 1 saturated heterocycles. The Morgan fingerprint density at radius 3 is 2.41 bits per heavy atom. The van der Waals surface area contributed by atoms with Gasteiger partial charge in [0, 0.05) is 20.1 Å². The number of nitrogens with zero attached hydrogens (tertiary/aromatic N) is 3. The second kappa shape index (κ2) is 5.37. The molecule has 0 atom stereocenters. The lowest BCUT2D eigenvalue weighted by atomic mass is 10.1. The van der Waals surface area contributed by atoms with Crippen LogP contribution >= 0.6 is 22.6 Å². The summed E-state index contributed by atoms with van der Waals surface area (Å²) < 4.78 is 1.14. The van der Waals surface area contributed by atoms with E-state index in [9.17, 15) is 0 Å². The van der Waals surface area contributed by atoms with Gasteiger partial charge in [0.2, 0.25) is 5.95 Å². The smallest absolute Gasteiger partial charge is 0.227 e. The first-order chi connectivity index (χ1) is 8.13. The Balaban J connectivity index is 2.42. The Bertz CT molecular complexity index is 400. The first kappa shape index (κ1) is 12.9. The van der Waals surface area contributed by atoms with Crippen molar-refractivity contribution < 1.29 is 0 Å². The van der Waals surface area contributed by atoms with E-state index in [1.807, 2.05) is 7.05 Å². The molecule has 0 bridgehead atoms. The van der Waals surface area contributed by atoms with Crippen LogP contribution in [0.25, 0.3) is 0 Å². The maximum Gasteiger partial charge on any atom is 0.227 e. The Morgan fingerprint density at radius 2 is 1.88 bits per heavy atom. The highest BCUT2D eigenvalue weighted by Gasteiger charge is 2.20. The van der Waals surface area contributed by atoms with E-state index in [1.54, 1.807) is 0 Å². The summed E-state index contributed by atoms with van der Waals surface area (Å²) in [5.74, 6) is 2.26. The lowest BCUT2D eigenvalue weighted by Crippen LogP contribution is -2.22. The monoisotopic (exact) mass is 346 g/mol. The van der Waals surface area contributed by atoms with Crippen LogP contribution in [0.15, 0.2) is 0 Å². The van der Waals surface area contributed by atoms with E-state index in [0.29, 0.717) is 5.92 Å². The largest absolute Gasteiger partial charge is 0.372 e. The summed E-state index contributed by atoms with van der Waals surface area (Å²) in [4.78, 5) is 11.6. The first-order valence-electron chi connectivity index (χ1n) is 6.13. The van der Waals surface area contributed by atoms with Crippen molar-refractivity contribution >= 4 is 34.4 Å². The molecule has 4 nitrogen and oxygen atoms in total. The standard InChI is InChI=1S/C12H19IN4/c1-8(2)10-9(13)11(14-3)16-12(15-10)17-6-4-5-7-17/h8H,4-7H2,1-3H3,(H,14,15,16). The van der Waals surface area contributed by atoms with E-state index >= 15 is 0 Å². The van der Waals surface area contributed by atoms with Crippen molar-refractivity contribution in [2.45, 2.75) is 32.6 Å². The summed E-state index contributed by atoms with van der Waals surface area (Å²) in [6.45, 7) is 6.53. The van der Waals surface area contributed by atoms with Gasteiger partial charge >= 0.3 is 0 Å². The van der Waals surface area contributed by atoms with Crippen LogP contribution in [0, 0.1) is 3.57 Å². The van der Waals surface area contributed by atoms with Gasteiger partial charge in [-0.15, -0.1) is 0 Å². The summed E-state index contributed by atoms with van der Waals surface area (Å²) in [5, 5.41) is 3.17. The second-order valence-corrected chi connectivity index (χ2v) is 5.75. The van der Waals surface area contributed by atoms with E-state index in [0.717, 1.165) is 34.1 Å². The fourth-order valence-corrected chi connectivity index (χ4v) is 3.19. The van der Waals surface area contributed by atoms with Crippen molar-refractivity contribution in [1.82, 2.24) is 9.97 Å². The molecule has 0 radical (unpaired) electrons. The van der Waals surface area contributed by atoms with E-state index < -0.39 is 0 Å². The Morgan fingerprint density at radius 1 is 1.24 bits per heavy atom. The van der Waals surface area contributed by atoms with Crippen molar-refractivity contribution in [3.63, 3.8) is 0 Å². The van der Waals surface area contributed by atoms with E-state index in [2.05, 4.69) is 51.6 Å². The molecule has 0 spiro atoms. The van der Waals surface area contributed by atoms with Gasteiger partial charge in [-0.2, -0.15) is 4.98 Å². The minimum absolute atomic E-state index is 0.429. The van der Waals surface area contributed by atoms with Gasteiger partial charge in [-0.3, -0.25) is 0 Å². The Kier molecular flexibility index (Phi) is 4.06. The van der Waals surface area contributed by atoms with Crippen LogP contribution in [0.3, 0.4) is 0 Å². The number of aromatic nitrogens is 2. The van der Waals surface area contributed by atoms with Crippen LogP contribution in [0.5, 0.6) is 0 Å². The number of rotatable bonds is 3. The molecule has 0 saturated carbocycles. The van der Waals surface area contributed by atoms with E-state index in [4.69, 9.17) is 4.98 Å². The van der Waals surface area contributed by atoms with Crippen LogP contribution in [0.1, 0.15) is 38.3 Å². The molecule has 1 aliphatic heterocycles. The molecule has 1 aliphatic rings. The van der Waals surface area contributed by atoms with Crippen LogP contribution in [-0.2, 0) is 0 Å². The molecular weight excluding hydrogens is 327 g/mol. The van der Waals surface area contributed by atoms with Gasteiger partial charge in [-0.1, -0.05) is 13.8 Å². The molecule has 0 unspecified atom stereocenters. The SMILES string of the molecule is CNc1nc(N2CCCC2)nc(C(C)C)c1I. The maximum atomic E-state index is 4.73. The van der Waals surface area contributed by atoms with E-state index in [1.165, 1.54) is 12.8 Å². The van der Waals surface area contributed by atoms with Crippen LogP contribution in [0.2, 0.25) is 0 Å². The predicted molar refractivity (Wildman–Crippen MR) is 79.8 cm³/mol. The van der Waals surface area contributed by atoms with Crippen LogP contribution in [-0.4, -0.2) is 30.1 Å². The van der Waals surface area contributed by atoms with Crippen molar-refractivity contribution in [2.24, 2.45) is 0 Å². The quantitative estimate of drug-likeness (QED) is 0.855. The minimum atomic E-state index is 0.429. The third-order valence-electron chi connectivity index (χ3n) is 3.04. The van der Waals surface area contributed by atoms with Gasteiger partial charge in [0.1, 0.15) is 5.82 Å². The zero-order valence-electron chi connectivity index (χ0n) is 10.6.